The van der Waals surface area contributed by atoms with Gasteiger partial charge in [-0.15, -0.1) is 11.8 Å². The van der Waals surface area contributed by atoms with Crippen LogP contribution in [0.2, 0.25) is 0 Å². The highest BCUT2D eigenvalue weighted by Gasteiger charge is 2.50. The van der Waals surface area contributed by atoms with E-state index in [-0.39, 0.29) is 29.6 Å². The van der Waals surface area contributed by atoms with E-state index in [1.807, 2.05) is 31.2 Å². The summed E-state index contributed by atoms with van der Waals surface area (Å²) in [5.74, 6) is 1.80. The molecule has 7 heteroatoms. The Bertz CT molecular complexity index is 819. The average Bonchev–Trinajstić information content (AvgIpc) is 2.75. The first-order valence-electron chi connectivity index (χ1n) is 11.7. The third-order valence-electron chi connectivity index (χ3n) is 7.30. The zero-order valence-corrected chi connectivity index (χ0v) is 19.8. The molecule has 32 heavy (non-hydrogen) atoms. The molecule has 1 aromatic rings. The SMILES string of the molecule is Cc1ccc(NC(=O)CS[C@@H](C)C(=O)OCC(=O)NCC23CC4CC(CC(C4)C2)C3)cc1. The van der Waals surface area contributed by atoms with Crippen molar-refractivity contribution in [2.45, 2.75) is 57.6 Å². The fourth-order valence-corrected chi connectivity index (χ4v) is 6.88. The Morgan fingerprint density at radius 2 is 1.62 bits per heavy atom. The Labute approximate surface area is 194 Å². The first kappa shape index (κ1) is 23.1. The van der Waals surface area contributed by atoms with Gasteiger partial charge in [0.1, 0.15) is 5.25 Å². The van der Waals surface area contributed by atoms with Gasteiger partial charge < -0.3 is 15.4 Å². The molecule has 1 atom stereocenters. The van der Waals surface area contributed by atoms with Crippen molar-refractivity contribution in [1.29, 1.82) is 0 Å². The maximum Gasteiger partial charge on any atom is 0.319 e. The van der Waals surface area contributed by atoms with E-state index in [0.717, 1.165) is 29.0 Å². The minimum absolute atomic E-state index is 0.141. The number of rotatable bonds is 9. The van der Waals surface area contributed by atoms with Crippen LogP contribution in [0, 0.1) is 30.1 Å². The predicted molar refractivity (Wildman–Crippen MR) is 126 cm³/mol. The van der Waals surface area contributed by atoms with Gasteiger partial charge in [0, 0.05) is 12.2 Å². The zero-order valence-electron chi connectivity index (χ0n) is 19.0. The number of nitrogens with one attached hydrogen (secondary N) is 2. The van der Waals surface area contributed by atoms with Gasteiger partial charge in [-0.25, -0.2) is 0 Å². The first-order chi connectivity index (χ1) is 15.3. The molecule has 0 heterocycles. The molecule has 0 aromatic heterocycles. The fourth-order valence-electron chi connectivity index (χ4n) is 6.20. The molecule has 0 saturated heterocycles. The Hall–Kier alpha value is -2.02. The standard InChI is InChI=1S/C25H34N2O4S/c1-16-3-5-21(6-4-16)27-23(29)14-32-17(2)24(30)31-13-22(28)26-15-25-10-18-7-19(11-25)9-20(8-18)12-25/h3-6,17-20H,7-15H2,1-2H3,(H,26,28)(H,27,29)/t17-,18?,19?,20?,25?/m0/s1. The van der Waals surface area contributed by atoms with Gasteiger partial charge >= 0.3 is 5.97 Å². The maximum atomic E-state index is 12.3. The van der Waals surface area contributed by atoms with Crippen LogP contribution in [0.4, 0.5) is 5.69 Å². The fraction of sp³-hybridized carbons (Fsp3) is 0.640. The van der Waals surface area contributed by atoms with Crippen molar-refractivity contribution in [3.63, 3.8) is 0 Å². The number of esters is 1. The van der Waals surface area contributed by atoms with Crippen LogP contribution in [-0.2, 0) is 19.1 Å². The molecular formula is C25H34N2O4S. The van der Waals surface area contributed by atoms with Crippen LogP contribution in [0.1, 0.15) is 51.0 Å². The molecule has 5 rings (SSSR count). The molecule has 0 radical (unpaired) electrons. The molecule has 6 nitrogen and oxygen atoms in total. The Kier molecular flexibility index (Phi) is 7.13. The molecule has 2 N–H and O–H groups in total. The van der Waals surface area contributed by atoms with E-state index in [1.165, 1.54) is 50.3 Å². The second kappa shape index (κ2) is 9.86. The lowest BCUT2D eigenvalue weighted by Gasteiger charge is -2.56. The average molecular weight is 459 g/mol. The Morgan fingerprint density at radius 3 is 2.22 bits per heavy atom. The number of thioether (sulfide) groups is 1. The summed E-state index contributed by atoms with van der Waals surface area (Å²) in [6.07, 6.45) is 7.84. The minimum atomic E-state index is -0.519. The number of aryl methyl sites for hydroxylation is 1. The summed E-state index contributed by atoms with van der Waals surface area (Å²) in [7, 11) is 0. The van der Waals surface area contributed by atoms with Crippen molar-refractivity contribution in [1.82, 2.24) is 5.32 Å². The molecular weight excluding hydrogens is 424 g/mol. The van der Waals surface area contributed by atoms with Gasteiger partial charge in [-0.1, -0.05) is 17.7 Å². The van der Waals surface area contributed by atoms with Gasteiger partial charge in [-0.05, 0) is 87.7 Å². The van der Waals surface area contributed by atoms with Crippen molar-refractivity contribution in [2.24, 2.45) is 23.2 Å². The monoisotopic (exact) mass is 458 g/mol. The highest BCUT2D eigenvalue weighted by Crippen LogP contribution is 2.59. The number of hydrogen-bond acceptors (Lipinski definition) is 5. The van der Waals surface area contributed by atoms with E-state index in [0.29, 0.717) is 6.54 Å². The van der Waals surface area contributed by atoms with Gasteiger partial charge in [-0.3, -0.25) is 14.4 Å². The molecule has 4 saturated carbocycles. The molecule has 4 aliphatic carbocycles. The molecule has 0 spiro atoms. The highest BCUT2D eigenvalue weighted by atomic mass is 32.2. The number of hydrogen-bond donors (Lipinski definition) is 2. The summed E-state index contributed by atoms with van der Waals surface area (Å²) in [6, 6.07) is 7.54. The van der Waals surface area contributed by atoms with Crippen LogP contribution in [0.3, 0.4) is 0 Å². The second-order valence-corrected chi connectivity index (χ2v) is 11.5. The number of carbonyl (C=O) groups is 3. The molecule has 4 fully saturated rings. The molecule has 1 aromatic carbocycles. The van der Waals surface area contributed by atoms with E-state index >= 15 is 0 Å². The lowest BCUT2D eigenvalue weighted by molar-refractivity contribution is -0.148. The molecule has 174 valence electrons. The van der Waals surface area contributed by atoms with E-state index in [4.69, 9.17) is 4.74 Å². The summed E-state index contributed by atoms with van der Waals surface area (Å²) < 4.78 is 5.20. The third kappa shape index (κ3) is 5.85. The number of amides is 2. The van der Waals surface area contributed by atoms with Crippen molar-refractivity contribution < 1.29 is 19.1 Å². The van der Waals surface area contributed by atoms with E-state index in [2.05, 4.69) is 10.6 Å². The van der Waals surface area contributed by atoms with Gasteiger partial charge in [0.05, 0.1) is 5.75 Å². The molecule has 4 aliphatic rings. The van der Waals surface area contributed by atoms with Crippen LogP contribution in [0.15, 0.2) is 24.3 Å². The summed E-state index contributed by atoms with van der Waals surface area (Å²) >= 11 is 1.20. The minimum Gasteiger partial charge on any atom is -0.455 e. The van der Waals surface area contributed by atoms with Crippen LogP contribution >= 0.6 is 11.8 Å². The quantitative estimate of drug-likeness (QED) is 0.548. The van der Waals surface area contributed by atoms with E-state index in [1.54, 1.807) is 6.92 Å². The van der Waals surface area contributed by atoms with Gasteiger partial charge in [-0.2, -0.15) is 0 Å². The summed E-state index contributed by atoms with van der Waals surface area (Å²) in [6.45, 7) is 4.12. The molecule has 0 unspecified atom stereocenters. The van der Waals surface area contributed by atoms with Crippen LogP contribution in [0.25, 0.3) is 0 Å². The van der Waals surface area contributed by atoms with Crippen LogP contribution in [-0.4, -0.2) is 41.9 Å². The Morgan fingerprint density at radius 1 is 1.03 bits per heavy atom. The van der Waals surface area contributed by atoms with E-state index in [9.17, 15) is 14.4 Å². The van der Waals surface area contributed by atoms with E-state index < -0.39 is 11.2 Å². The smallest absolute Gasteiger partial charge is 0.319 e. The topological polar surface area (TPSA) is 84.5 Å². The van der Waals surface area contributed by atoms with Crippen LogP contribution in [0.5, 0.6) is 0 Å². The van der Waals surface area contributed by atoms with Crippen molar-refractivity contribution in [3.8, 4) is 0 Å². The van der Waals surface area contributed by atoms with Gasteiger partial charge in [0.25, 0.3) is 5.91 Å². The number of benzene rings is 1. The lowest BCUT2D eigenvalue weighted by atomic mass is 9.49. The first-order valence-corrected chi connectivity index (χ1v) is 12.8. The molecule has 2 amide bonds. The molecule has 4 bridgehead atoms. The number of ether oxygens (including phenoxy) is 1. The van der Waals surface area contributed by atoms with Gasteiger partial charge in [0.2, 0.25) is 5.91 Å². The normalized spacial score (nSPS) is 28.8. The largest absolute Gasteiger partial charge is 0.455 e. The Balaban J connectivity index is 1.13. The number of anilines is 1. The van der Waals surface area contributed by atoms with Crippen molar-refractivity contribution in [3.05, 3.63) is 29.8 Å². The maximum absolute atomic E-state index is 12.3. The second-order valence-electron chi connectivity index (χ2n) is 10.2. The summed E-state index contributed by atoms with van der Waals surface area (Å²) in [5, 5.41) is 5.32. The number of carbonyl (C=O) groups excluding carboxylic acids is 3. The van der Waals surface area contributed by atoms with Gasteiger partial charge in [0.15, 0.2) is 6.61 Å². The predicted octanol–water partition coefficient (Wildman–Crippen LogP) is 3.93. The molecule has 0 aliphatic heterocycles. The lowest BCUT2D eigenvalue weighted by Crippen LogP contribution is -2.51. The summed E-state index contributed by atoms with van der Waals surface area (Å²) in [4.78, 5) is 36.6. The van der Waals surface area contributed by atoms with Crippen LogP contribution < -0.4 is 10.6 Å². The zero-order chi connectivity index (χ0) is 22.7. The highest BCUT2D eigenvalue weighted by molar-refractivity contribution is 8.01. The van der Waals surface area contributed by atoms with Crippen molar-refractivity contribution >= 4 is 35.2 Å². The van der Waals surface area contributed by atoms with Crippen molar-refractivity contribution in [2.75, 3.05) is 24.2 Å². The third-order valence-corrected chi connectivity index (χ3v) is 8.42. The summed E-state index contributed by atoms with van der Waals surface area (Å²) in [5.41, 5.74) is 2.12.